The summed E-state index contributed by atoms with van der Waals surface area (Å²) in [7, 11) is 0. The van der Waals surface area contributed by atoms with Crippen molar-refractivity contribution >= 4 is 11.9 Å². The number of halogens is 2. The Morgan fingerprint density at radius 2 is 1.64 bits per heavy atom. The van der Waals surface area contributed by atoms with Gasteiger partial charge in [-0.05, 0) is 83.0 Å². The first-order chi connectivity index (χ1) is 13.1. The highest BCUT2D eigenvalue weighted by Crippen LogP contribution is 2.53. The van der Waals surface area contributed by atoms with Gasteiger partial charge in [-0.15, -0.1) is 0 Å². The highest BCUT2D eigenvalue weighted by atomic mass is 19.3. The standard InChI is InChI=1S/C21H32F2O5/c1-4-7-26-17(24)19(2)9-15-8-16(10-19)12-20(3,11-15)28-21(22,23)18(25)27-13-14-5-6-14/h14-16H,4-13H2,1-3H3. The summed E-state index contributed by atoms with van der Waals surface area (Å²) in [6.07, 6.45) is 1.54. The van der Waals surface area contributed by atoms with Crippen LogP contribution in [-0.4, -0.2) is 36.9 Å². The number of esters is 2. The van der Waals surface area contributed by atoms with Crippen molar-refractivity contribution in [1.29, 1.82) is 0 Å². The minimum atomic E-state index is -3.95. The Labute approximate surface area is 165 Å². The van der Waals surface area contributed by atoms with Crippen LogP contribution in [0.25, 0.3) is 0 Å². The molecule has 3 fully saturated rings. The van der Waals surface area contributed by atoms with Crippen molar-refractivity contribution in [1.82, 2.24) is 0 Å². The number of hydrogen-bond donors (Lipinski definition) is 0. The van der Waals surface area contributed by atoms with Crippen molar-refractivity contribution in [2.24, 2.45) is 23.2 Å². The molecule has 2 bridgehead atoms. The van der Waals surface area contributed by atoms with Crippen LogP contribution in [0.4, 0.5) is 8.78 Å². The average molecular weight is 402 g/mol. The molecule has 2 atom stereocenters. The van der Waals surface area contributed by atoms with Crippen molar-refractivity contribution in [3.8, 4) is 0 Å². The van der Waals surface area contributed by atoms with Crippen LogP contribution >= 0.6 is 0 Å². The quantitative estimate of drug-likeness (QED) is 0.560. The molecular weight excluding hydrogens is 370 g/mol. The Balaban J connectivity index is 1.60. The molecule has 0 radical (unpaired) electrons. The molecule has 0 amide bonds. The van der Waals surface area contributed by atoms with E-state index in [0.29, 0.717) is 32.3 Å². The Morgan fingerprint density at radius 3 is 2.18 bits per heavy atom. The summed E-state index contributed by atoms with van der Waals surface area (Å²) >= 11 is 0. The maximum absolute atomic E-state index is 14.3. The molecular formula is C21H32F2O5. The van der Waals surface area contributed by atoms with E-state index in [4.69, 9.17) is 14.2 Å². The van der Waals surface area contributed by atoms with Crippen LogP contribution < -0.4 is 0 Å². The molecule has 0 aromatic rings. The van der Waals surface area contributed by atoms with Crippen LogP contribution in [0.15, 0.2) is 0 Å². The number of rotatable bonds is 8. The maximum Gasteiger partial charge on any atom is 0.456 e. The second kappa shape index (κ2) is 7.88. The predicted molar refractivity (Wildman–Crippen MR) is 97.5 cm³/mol. The summed E-state index contributed by atoms with van der Waals surface area (Å²) in [5, 5.41) is 0. The van der Waals surface area contributed by atoms with Gasteiger partial charge in [-0.2, -0.15) is 8.78 Å². The van der Waals surface area contributed by atoms with E-state index in [0.717, 1.165) is 25.7 Å². The van der Waals surface area contributed by atoms with Crippen LogP contribution in [0.1, 0.15) is 72.1 Å². The topological polar surface area (TPSA) is 61.8 Å². The highest BCUT2D eigenvalue weighted by molar-refractivity contribution is 5.77. The molecule has 5 nitrogen and oxygen atoms in total. The predicted octanol–water partition coefficient (Wildman–Crippen LogP) is 4.48. The maximum atomic E-state index is 14.3. The molecule has 3 aliphatic carbocycles. The first kappa shape index (κ1) is 21.5. The van der Waals surface area contributed by atoms with Gasteiger partial charge in [0, 0.05) is 0 Å². The SMILES string of the molecule is CCCOC(=O)C1(C)CC2CC(CC(C)(OC(F)(F)C(=O)OCC3CC3)C2)C1. The van der Waals surface area contributed by atoms with Gasteiger partial charge in [0.15, 0.2) is 0 Å². The van der Waals surface area contributed by atoms with E-state index in [2.05, 4.69) is 0 Å². The third-order valence-corrected chi connectivity index (χ3v) is 6.28. The number of carbonyl (C=O) groups excluding carboxylic acids is 2. The average Bonchev–Trinajstić information content (AvgIpc) is 3.39. The fourth-order valence-electron chi connectivity index (χ4n) is 5.14. The molecule has 3 aliphatic rings. The normalized spacial score (nSPS) is 35.3. The molecule has 0 aliphatic heterocycles. The molecule has 0 heterocycles. The zero-order valence-corrected chi connectivity index (χ0v) is 17.1. The molecule has 0 spiro atoms. The number of alkyl halides is 2. The fourth-order valence-corrected chi connectivity index (χ4v) is 5.14. The van der Waals surface area contributed by atoms with Gasteiger partial charge in [0.1, 0.15) is 0 Å². The Morgan fingerprint density at radius 1 is 1.04 bits per heavy atom. The molecule has 2 unspecified atom stereocenters. The number of hydrogen-bond acceptors (Lipinski definition) is 5. The zero-order valence-electron chi connectivity index (χ0n) is 17.1. The summed E-state index contributed by atoms with van der Waals surface area (Å²) in [6, 6.07) is 0. The molecule has 0 N–H and O–H groups in total. The number of ether oxygens (including phenoxy) is 3. The molecule has 7 heteroatoms. The molecule has 3 saturated carbocycles. The highest BCUT2D eigenvalue weighted by Gasteiger charge is 2.55. The van der Waals surface area contributed by atoms with Crippen molar-refractivity contribution in [3.63, 3.8) is 0 Å². The summed E-state index contributed by atoms with van der Waals surface area (Å²) in [5.74, 6) is -1.38. The first-order valence-corrected chi connectivity index (χ1v) is 10.5. The van der Waals surface area contributed by atoms with Crippen LogP contribution in [0.5, 0.6) is 0 Å². The second-order valence-electron chi connectivity index (χ2n) is 9.59. The van der Waals surface area contributed by atoms with Gasteiger partial charge in [-0.25, -0.2) is 4.79 Å². The van der Waals surface area contributed by atoms with Crippen molar-refractivity contribution in [3.05, 3.63) is 0 Å². The minimum absolute atomic E-state index is 0.0397. The van der Waals surface area contributed by atoms with Crippen molar-refractivity contribution < 1.29 is 32.6 Å². The van der Waals surface area contributed by atoms with Gasteiger partial charge in [0.25, 0.3) is 0 Å². The van der Waals surface area contributed by atoms with E-state index in [1.807, 2.05) is 13.8 Å². The lowest BCUT2D eigenvalue weighted by atomic mass is 9.58. The third kappa shape index (κ3) is 5.02. The van der Waals surface area contributed by atoms with E-state index in [-0.39, 0.29) is 30.3 Å². The van der Waals surface area contributed by atoms with Gasteiger partial charge in [0.2, 0.25) is 0 Å². The molecule has 28 heavy (non-hydrogen) atoms. The lowest BCUT2D eigenvalue weighted by Crippen LogP contribution is -2.51. The Bertz CT molecular complexity index is 588. The van der Waals surface area contributed by atoms with E-state index in [1.165, 1.54) is 0 Å². The van der Waals surface area contributed by atoms with Crippen LogP contribution in [-0.2, 0) is 23.8 Å². The lowest BCUT2D eigenvalue weighted by molar-refractivity contribution is -0.300. The van der Waals surface area contributed by atoms with Crippen LogP contribution in [0, 0.1) is 23.2 Å². The third-order valence-electron chi connectivity index (χ3n) is 6.28. The number of fused-ring (bicyclic) bond motifs is 2. The van der Waals surface area contributed by atoms with Crippen LogP contribution in [0.3, 0.4) is 0 Å². The van der Waals surface area contributed by atoms with E-state index in [1.54, 1.807) is 6.92 Å². The smallest absolute Gasteiger partial charge is 0.456 e. The molecule has 0 aromatic heterocycles. The summed E-state index contributed by atoms with van der Waals surface area (Å²) < 4.78 is 43.9. The van der Waals surface area contributed by atoms with E-state index in [9.17, 15) is 18.4 Å². The summed E-state index contributed by atoms with van der Waals surface area (Å²) in [4.78, 5) is 24.3. The van der Waals surface area contributed by atoms with Gasteiger partial charge in [0.05, 0.1) is 24.2 Å². The molecule has 3 rings (SSSR count). The fraction of sp³-hybridized carbons (Fsp3) is 0.905. The van der Waals surface area contributed by atoms with Gasteiger partial charge >= 0.3 is 18.0 Å². The largest absolute Gasteiger partial charge is 0.465 e. The molecule has 0 aromatic carbocycles. The van der Waals surface area contributed by atoms with Gasteiger partial charge in [-0.3, -0.25) is 4.79 Å². The molecule has 160 valence electrons. The summed E-state index contributed by atoms with van der Waals surface area (Å²) in [5.41, 5.74) is -1.68. The number of carbonyl (C=O) groups is 2. The zero-order chi connectivity index (χ0) is 20.6. The lowest BCUT2D eigenvalue weighted by Gasteiger charge is -2.50. The second-order valence-corrected chi connectivity index (χ2v) is 9.59. The van der Waals surface area contributed by atoms with E-state index >= 15 is 0 Å². The summed E-state index contributed by atoms with van der Waals surface area (Å²) in [6.45, 7) is 5.95. The van der Waals surface area contributed by atoms with Gasteiger partial charge in [-0.1, -0.05) is 6.92 Å². The van der Waals surface area contributed by atoms with Crippen molar-refractivity contribution in [2.75, 3.05) is 13.2 Å². The minimum Gasteiger partial charge on any atom is -0.465 e. The first-order valence-electron chi connectivity index (χ1n) is 10.5. The monoisotopic (exact) mass is 402 g/mol. The van der Waals surface area contributed by atoms with Crippen molar-refractivity contribution in [2.45, 2.75) is 83.8 Å². The molecule has 0 saturated heterocycles. The Hall–Kier alpha value is -1.24. The van der Waals surface area contributed by atoms with Crippen LogP contribution in [0.2, 0.25) is 0 Å². The Kier molecular flexibility index (Phi) is 6.04. The van der Waals surface area contributed by atoms with Gasteiger partial charge < -0.3 is 14.2 Å². The van der Waals surface area contributed by atoms with E-state index < -0.39 is 23.1 Å².